The summed E-state index contributed by atoms with van der Waals surface area (Å²) < 4.78 is 68.7. The van der Waals surface area contributed by atoms with Crippen LogP contribution in [0, 0.1) is 6.92 Å². The fourth-order valence-corrected chi connectivity index (χ4v) is 5.86. The predicted octanol–water partition coefficient (Wildman–Crippen LogP) is 3.98. The van der Waals surface area contributed by atoms with Crippen LogP contribution >= 0.6 is 7.75 Å². The number of hydrogen-bond acceptors (Lipinski definition) is 11. The Bertz CT molecular complexity index is 1460. The molecule has 0 aliphatic carbocycles. The normalized spacial score (nSPS) is 26.2. The van der Waals surface area contributed by atoms with E-state index in [-0.39, 0.29) is 16.9 Å². The van der Waals surface area contributed by atoms with Crippen molar-refractivity contribution in [3.63, 3.8) is 0 Å². The Hall–Kier alpha value is -3.23. The van der Waals surface area contributed by atoms with Crippen LogP contribution in [0.15, 0.2) is 36.7 Å². The van der Waals surface area contributed by atoms with E-state index in [0.29, 0.717) is 18.2 Å². The van der Waals surface area contributed by atoms with Gasteiger partial charge < -0.3 is 24.4 Å². The summed E-state index contributed by atoms with van der Waals surface area (Å²) in [6.45, 7) is 8.34. The molecule has 1 aliphatic heterocycles. The highest BCUT2D eigenvalue weighted by Gasteiger charge is 2.65. The van der Waals surface area contributed by atoms with E-state index in [9.17, 15) is 14.5 Å². The van der Waals surface area contributed by atoms with Gasteiger partial charge in [-0.15, -0.1) is 0 Å². The number of alkyl halides is 2. The van der Waals surface area contributed by atoms with Crippen LogP contribution in [0.4, 0.5) is 14.6 Å². The van der Waals surface area contributed by atoms with E-state index in [2.05, 4.69) is 25.4 Å². The number of benzene rings is 1. The van der Waals surface area contributed by atoms with Crippen LogP contribution in [0.2, 0.25) is 0 Å². The average molecular weight is 613 g/mol. The second-order valence-electron chi connectivity index (χ2n) is 10.3. The van der Waals surface area contributed by atoms with E-state index in [1.54, 1.807) is 39.0 Å². The zero-order valence-corrected chi connectivity index (χ0v) is 25.0. The number of nitrogens with one attached hydrogen (secondary N) is 2. The number of esters is 1. The number of aliphatic hydroxyl groups excluding tert-OH is 1. The van der Waals surface area contributed by atoms with Gasteiger partial charge in [0.05, 0.1) is 12.4 Å². The Morgan fingerprint density at radius 1 is 1.24 bits per heavy atom. The molecule has 0 saturated carbocycles. The number of halogens is 2. The molecule has 0 unspecified atom stereocenters. The first kappa shape index (κ1) is 31.7. The molecular weight excluding hydrogens is 577 g/mol. The van der Waals surface area contributed by atoms with Crippen molar-refractivity contribution in [3.8, 4) is 5.75 Å². The molecule has 0 amide bonds. The molecule has 1 aliphatic rings. The second-order valence-corrected chi connectivity index (χ2v) is 12.0. The van der Waals surface area contributed by atoms with Crippen LogP contribution in [0.25, 0.3) is 11.2 Å². The summed E-state index contributed by atoms with van der Waals surface area (Å²) in [5, 5.41) is 16.3. The number of aliphatic hydroxyl groups is 1. The Labute approximate surface area is 241 Å². The lowest BCUT2D eigenvalue weighted by molar-refractivity contribution is -0.202. The van der Waals surface area contributed by atoms with Crippen LogP contribution < -0.4 is 14.9 Å². The quantitative estimate of drug-likeness (QED) is 0.200. The highest BCUT2D eigenvalue weighted by atomic mass is 31.2. The van der Waals surface area contributed by atoms with Gasteiger partial charge in [0.15, 0.2) is 35.0 Å². The lowest BCUT2D eigenvalue weighted by atomic mass is 9.97. The van der Waals surface area contributed by atoms with Gasteiger partial charge in [0.2, 0.25) is 0 Å². The highest BCUT2D eigenvalue weighted by Crippen LogP contribution is 2.52. The Morgan fingerprint density at radius 2 is 1.93 bits per heavy atom. The van der Waals surface area contributed by atoms with E-state index in [0.717, 1.165) is 11.5 Å². The summed E-state index contributed by atoms with van der Waals surface area (Å²) >= 11 is 0. The standard InChI is InChI=1S/C26H35F2N6O7P/c1-7-29-20-19-21(32-17(5)31-20)34(14-30-19)24-25(6,27)23(36)26(28,40-24)13-38-42(37,41-18-11-9-8-10-12-18)33-16(4)22(35)39-15(2)3/h8-12,14-16,23-24,36H,7,13H2,1-6H3,(H,33,37)(H,29,31,32)/t16-,23-,24+,25+,26+,42-/m0/s1. The summed E-state index contributed by atoms with van der Waals surface area (Å²) in [7, 11) is -4.55. The Morgan fingerprint density at radius 3 is 2.57 bits per heavy atom. The summed E-state index contributed by atoms with van der Waals surface area (Å²) in [4.78, 5) is 25.2. The molecule has 42 heavy (non-hydrogen) atoms. The van der Waals surface area contributed by atoms with E-state index >= 15 is 8.78 Å². The van der Waals surface area contributed by atoms with E-state index in [4.69, 9.17) is 18.5 Å². The molecule has 1 aromatic carbocycles. The van der Waals surface area contributed by atoms with Gasteiger partial charge in [-0.05, 0) is 53.7 Å². The Balaban J connectivity index is 1.61. The van der Waals surface area contributed by atoms with E-state index < -0.39 is 56.3 Å². The lowest BCUT2D eigenvalue weighted by Gasteiger charge is -2.28. The van der Waals surface area contributed by atoms with Crippen LogP contribution in [0.1, 0.15) is 46.7 Å². The molecule has 0 bridgehead atoms. The number of carbonyl (C=O) groups is 1. The number of hydrogen-bond donors (Lipinski definition) is 3. The average Bonchev–Trinajstić information content (AvgIpc) is 3.40. The molecule has 3 N–H and O–H groups in total. The maximum Gasteiger partial charge on any atom is 0.459 e. The number of rotatable bonds is 12. The van der Waals surface area contributed by atoms with Gasteiger partial charge in [0.1, 0.15) is 24.2 Å². The number of para-hydroxylation sites is 1. The van der Waals surface area contributed by atoms with Crippen molar-refractivity contribution in [2.75, 3.05) is 18.5 Å². The molecule has 0 radical (unpaired) electrons. The minimum absolute atomic E-state index is 0.0724. The van der Waals surface area contributed by atoms with Gasteiger partial charge in [-0.25, -0.2) is 28.3 Å². The lowest BCUT2D eigenvalue weighted by Crippen LogP contribution is -2.47. The van der Waals surface area contributed by atoms with Gasteiger partial charge in [0.25, 0.3) is 5.85 Å². The molecule has 16 heteroatoms. The van der Waals surface area contributed by atoms with Gasteiger partial charge in [-0.1, -0.05) is 18.2 Å². The first-order valence-electron chi connectivity index (χ1n) is 13.4. The number of aryl methyl sites for hydroxylation is 1. The van der Waals surface area contributed by atoms with Crippen molar-refractivity contribution in [3.05, 3.63) is 42.5 Å². The van der Waals surface area contributed by atoms with E-state index in [1.807, 2.05) is 6.92 Å². The van der Waals surface area contributed by atoms with Gasteiger partial charge in [0, 0.05) is 6.54 Å². The number of nitrogens with zero attached hydrogens (tertiary/aromatic N) is 4. The maximum atomic E-state index is 16.2. The molecule has 0 spiro atoms. The van der Waals surface area contributed by atoms with Gasteiger partial charge >= 0.3 is 13.7 Å². The van der Waals surface area contributed by atoms with Crippen LogP contribution in [-0.2, 0) is 23.4 Å². The topological polar surface area (TPSA) is 159 Å². The van der Waals surface area contributed by atoms with Gasteiger partial charge in [-0.2, -0.15) is 5.09 Å². The number of fused-ring (bicyclic) bond motifs is 1. The first-order chi connectivity index (χ1) is 19.7. The monoisotopic (exact) mass is 612 g/mol. The van der Waals surface area contributed by atoms with E-state index in [1.165, 1.54) is 25.4 Å². The first-order valence-corrected chi connectivity index (χ1v) is 14.9. The molecule has 2 aromatic heterocycles. The molecule has 1 fully saturated rings. The van der Waals surface area contributed by atoms with Gasteiger partial charge in [-0.3, -0.25) is 13.9 Å². The van der Waals surface area contributed by atoms with Crippen molar-refractivity contribution >= 4 is 30.7 Å². The zero-order valence-electron chi connectivity index (χ0n) is 24.1. The minimum Gasteiger partial charge on any atom is -0.462 e. The molecule has 13 nitrogen and oxygen atoms in total. The SMILES string of the molecule is CCNc1nc(C)nc2c1ncn2[C@@H]1O[C@](F)(CO[P@@](=O)(N[C@@H](C)C(=O)OC(C)C)Oc2ccccc2)[C@@H](O)[C@@]1(C)F. The van der Waals surface area contributed by atoms with Crippen molar-refractivity contribution in [1.82, 2.24) is 24.6 Å². The van der Waals surface area contributed by atoms with Crippen molar-refractivity contribution in [1.29, 1.82) is 0 Å². The molecular formula is C26H35F2N6O7P. The number of ether oxygens (including phenoxy) is 2. The van der Waals surface area contributed by atoms with Crippen LogP contribution in [0.5, 0.6) is 5.75 Å². The number of carbonyl (C=O) groups excluding carboxylic acids is 1. The summed E-state index contributed by atoms with van der Waals surface area (Å²) in [6.07, 6.45) is -3.42. The van der Waals surface area contributed by atoms with Crippen molar-refractivity contribution < 1.29 is 41.8 Å². The van der Waals surface area contributed by atoms with Crippen molar-refractivity contribution in [2.45, 2.75) is 77.5 Å². The number of imidazole rings is 1. The molecule has 1 saturated heterocycles. The third-order valence-electron chi connectivity index (χ3n) is 6.32. The number of anilines is 1. The summed E-state index contributed by atoms with van der Waals surface area (Å²) in [5.74, 6) is -3.18. The fraction of sp³-hybridized carbons (Fsp3) is 0.538. The second kappa shape index (κ2) is 12.2. The minimum atomic E-state index is -4.55. The molecule has 4 rings (SSSR count). The molecule has 6 atom stereocenters. The Kier molecular flexibility index (Phi) is 9.19. The van der Waals surface area contributed by atoms with Crippen LogP contribution in [0.3, 0.4) is 0 Å². The fourth-order valence-electron chi connectivity index (χ4n) is 4.36. The molecule has 3 aromatic rings. The largest absolute Gasteiger partial charge is 0.462 e. The molecule has 230 valence electrons. The van der Waals surface area contributed by atoms with Crippen LogP contribution in [-0.4, -0.2) is 73.5 Å². The summed E-state index contributed by atoms with van der Waals surface area (Å²) in [5.41, 5.74) is -2.30. The third kappa shape index (κ3) is 6.55. The smallest absolute Gasteiger partial charge is 0.459 e. The third-order valence-corrected chi connectivity index (χ3v) is 7.94. The number of aromatic nitrogens is 4. The highest BCUT2D eigenvalue weighted by molar-refractivity contribution is 7.52. The summed E-state index contributed by atoms with van der Waals surface area (Å²) in [6, 6.07) is 6.59. The zero-order chi connectivity index (χ0) is 30.9. The molecule has 3 heterocycles. The predicted molar refractivity (Wildman–Crippen MR) is 148 cm³/mol. The van der Waals surface area contributed by atoms with Crippen molar-refractivity contribution in [2.24, 2.45) is 0 Å². The maximum absolute atomic E-state index is 16.2.